The zero-order valence-electron chi connectivity index (χ0n) is 11.1. The zero-order chi connectivity index (χ0) is 13.5. The summed E-state index contributed by atoms with van der Waals surface area (Å²) in [6.45, 7) is 5.31. The Bertz CT molecular complexity index is 387. The molecule has 4 heteroatoms. The van der Waals surface area contributed by atoms with E-state index in [1.54, 1.807) is 32.0 Å². The van der Waals surface area contributed by atoms with Crippen LogP contribution in [0.5, 0.6) is 5.75 Å². The molecule has 1 N–H and O–H groups in total. The molecule has 0 saturated carbocycles. The molecule has 1 atom stereocenters. The van der Waals surface area contributed by atoms with E-state index in [1.165, 1.54) is 0 Å². The molecule has 0 fully saturated rings. The Hall–Kier alpha value is -1.55. The van der Waals surface area contributed by atoms with Crippen molar-refractivity contribution in [1.82, 2.24) is 0 Å². The number of para-hydroxylation sites is 1. The lowest BCUT2D eigenvalue weighted by atomic mass is 10.1. The second kappa shape index (κ2) is 7.01. The summed E-state index contributed by atoms with van der Waals surface area (Å²) in [5.41, 5.74) is 0.692. The van der Waals surface area contributed by atoms with Gasteiger partial charge in [-0.25, -0.2) is 4.79 Å². The molecule has 1 unspecified atom stereocenters. The summed E-state index contributed by atoms with van der Waals surface area (Å²) < 4.78 is 10.4. The highest BCUT2D eigenvalue weighted by molar-refractivity contribution is 5.71. The smallest absolute Gasteiger partial charge is 0.344 e. The maximum absolute atomic E-state index is 11.4. The molecule has 0 aliphatic rings. The van der Waals surface area contributed by atoms with Gasteiger partial charge in [-0.3, -0.25) is 0 Å². The number of aliphatic hydroxyl groups is 1. The summed E-state index contributed by atoms with van der Waals surface area (Å²) in [6, 6.07) is 7.15. The van der Waals surface area contributed by atoms with Crippen LogP contribution in [0.3, 0.4) is 0 Å². The second-order valence-corrected chi connectivity index (χ2v) is 4.29. The number of hydrogen-bond acceptors (Lipinski definition) is 4. The van der Waals surface area contributed by atoms with Crippen LogP contribution in [0.1, 0.15) is 38.9 Å². The Morgan fingerprint density at radius 1 is 1.33 bits per heavy atom. The molecule has 0 saturated heterocycles. The molecular formula is C14H20O4. The highest BCUT2D eigenvalue weighted by Crippen LogP contribution is 2.26. The third-order valence-electron chi connectivity index (χ3n) is 2.38. The largest absolute Gasteiger partial charge is 0.482 e. The first-order valence-electron chi connectivity index (χ1n) is 6.13. The van der Waals surface area contributed by atoms with Crippen LogP contribution in [0.4, 0.5) is 0 Å². The quantitative estimate of drug-likeness (QED) is 0.790. The Kier molecular flexibility index (Phi) is 5.65. The standard InChI is InChI=1S/C14H20O4/c1-4-12(15)11-7-5-6-8-13(11)17-9-14(16)18-10(2)3/h5-8,10,12,15H,4,9H2,1-3H3. The molecule has 0 radical (unpaired) electrons. The molecule has 18 heavy (non-hydrogen) atoms. The van der Waals surface area contributed by atoms with Gasteiger partial charge in [0.05, 0.1) is 12.2 Å². The molecule has 1 aromatic carbocycles. The van der Waals surface area contributed by atoms with Gasteiger partial charge in [-0.2, -0.15) is 0 Å². The number of rotatable bonds is 6. The lowest BCUT2D eigenvalue weighted by molar-refractivity contribution is -0.149. The van der Waals surface area contributed by atoms with Gasteiger partial charge in [-0.15, -0.1) is 0 Å². The number of benzene rings is 1. The van der Waals surface area contributed by atoms with Gasteiger partial charge in [0.2, 0.25) is 0 Å². The van der Waals surface area contributed by atoms with E-state index in [-0.39, 0.29) is 12.7 Å². The van der Waals surface area contributed by atoms with Gasteiger partial charge in [-0.05, 0) is 26.3 Å². The molecule has 1 rings (SSSR count). The minimum Gasteiger partial charge on any atom is -0.482 e. The molecule has 100 valence electrons. The van der Waals surface area contributed by atoms with Gasteiger partial charge in [0, 0.05) is 5.56 Å². The van der Waals surface area contributed by atoms with Crippen molar-refractivity contribution in [2.75, 3.05) is 6.61 Å². The summed E-state index contributed by atoms with van der Waals surface area (Å²) in [6.07, 6.45) is -0.142. The first kappa shape index (κ1) is 14.5. The van der Waals surface area contributed by atoms with Crippen LogP contribution in [0, 0.1) is 0 Å². The van der Waals surface area contributed by atoms with Crippen LogP contribution >= 0.6 is 0 Å². The average Bonchev–Trinajstić information content (AvgIpc) is 2.35. The molecule has 0 bridgehead atoms. The number of carbonyl (C=O) groups is 1. The third kappa shape index (κ3) is 4.37. The first-order chi connectivity index (χ1) is 8.54. The summed E-state index contributed by atoms with van der Waals surface area (Å²) >= 11 is 0. The number of aliphatic hydroxyl groups excluding tert-OH is 1. The van der Waals surface area contributed by atoms with E-state index in [1.807, 2.05) is 13.0 Å². The Labute approximate surface area is 108 Å². The van der Waals surface area contributed by atoms with Crippen molar-refractivity contribution in [2.45, 2.75) is 39.4 Å². The molecule has 4 nitrogen and oxygen atoms in total. The number of carbonyl (C=O) groups excluding carboxylic acids is 1. The summed E-state index contributed by atoms with van der Waals surface area (Å²) in [5.74, 6) is 0.110. The van der Waals surface area contributed by atoms with Gasteiger partial charge in [0.25, 0.3) is 0 Å². The van der Waals surface area contributed by atoms with Crippen molar-refractivity contribution in [3.05, 3.63) is 29.8 Å². The normalized spacial score (nSPS) is 12.3. The van der Waals surface area contributed by atoms with Crippen molar-refractivity contribution in [2.24, 2.45) is 0 Å². The SMILES string of the molecule is CCC(O)c1ccccc1OCC(=O)OC(C)C. The van der Waals surface area contributed by atoms with Crippen molar-refractivity contribution >= 4 is 5.97 Å². The molecule has 0 aliphatic carbocycles. The van der Waals surface area contributed by atoms with E-state index >= 15 is 0 Å². The fourth-order valence-corrected chi connectivity index (χ4v) is 1.54. The zero-order valence-corrected chi connectivity index (χ0v) is 11.1. The van der Waals surface area contributed by atoms with Gasteiger partial charge >= 0.3 is 5.97 Å². The molecule has 1 aromatic rings. The monoisotopic (exact) mass is 252 g/mol. The number of hydrogen-bond donors (Lipinski definition) is 1. The predicted molar refractivity (Wildman–Crippen MR) is 68.4 cm³/mol. The highest BCUT2D eigenvalue weighted by atomic mass is 16.6. The van der Waals surface area contributed by atoms with Crippen LogP contribution < -0.4 is 4.74 Å². The number of esters is 1. The third-order valence-corrected chi connectivity index (χ3v) is 2.38. The lowest BCUT2D eigenvalue weighted by Crippen LogP contribution is -2.19. The van der Waals surface area contributed by atoms with Crippen molar-refractivity contribution in [3.8, 4) is 5.75 Å². The minimum absolute atomic E-state index is 0.147. The molecule has 0 aromatic heterocycles. The summed E-state index contributed by atoms with van der Waals surface area (Å²) in [5, 5.41) is 9.82. The van der Waals surface area contributed by atoms with Crippen LogP contribution in [0.25, 0.3) is 0 Å². The summed E-state index contributed by atoms with van der Waals surface area (Å²) in [7, 11) is 0. The maximum Gasteiger partial charge on any atom is 0.344 e. The summed E-state index contributed by atoms with van der Waals surface area (Å²) in [4.78, 5) is 11.4. The van der Waals surface area contributed by atoms with Crippen LogP contribution in [0.2, 0.25) is 0 Å². The molecule has 0 aliphatic heterocycles. The van der Waals surface area contributed by atoms with Crippen molar-refractivity contribution < 1.29 is 19.4 Å². The Morgan fingerprint density at radius 2 is 2.00 bits per heavy atom. The second-order valence-electron chi connectivity index (χ2n) is 4.29. The fourth-order valence-electron chi connectivity index (χ4n) is 1.54. The predicted octanol–water partition coefficient (Wildman–Crippen LogP) is 2.46. The topological polar surface area (TPSA) is 55.8 Å². The van der Waals surface area contributed by atoms with Gasteiger partial charge in [-0.1, -0.05) is 25.1 Å². The van der Waals surface area contributed by atoms with Crippen molar-refractivity contribution in [1.29, 1.82) is 0 Å². The van der Waals surface area contributed by atoms with E-state index in [2.05, 4.69) is 0 Å². The Morgan fingerprint density at radius 3 is 2.61 bits per heavy atom. The van der Waals surface area contributed by atoms with Gasteiger partial charge < -0.3 is 14.6 Å². The molecule has 0 amide bonds. The molecule has 0 heterocycles. The maximum atomic E-state index is 11.4. The first-order valence-corrected chi connectivity index (χ1v) is 6.13. The van der Waals surface area contributed by atoms with Crippen molar-refractivity contribution in [3.63, 3.8) is 0 Å². The molecule has 0 spiro atoms. The van der Waals surface area contributed by atoms with E-state index in [0.717, 1.165) is 0 Å². The highest BCUT2D eigenvalue weighted by Gasteiger charge is 2.13. The van der Waals surface area contributed by atoms with Crippen LogP contribution in [-0.2, 0) is 9.53 Å². The van der Waals surface area contributed by atoms with E-state index in [9.17, 15) is 9.90 Å². The lowest BCUT2D eigenvalue weighted by Gasteiger charge is -2.15. The van der Waals surface area contributed by atoms with Gasteiger partial charge in [0.1, 0.15) is 5.75 Å². The fraction of sp³-hybridized carbons (Fsp3) is 0.500. The van der Waals surface area contributed by atoms with E-state index < -0.39 is 12.1 Å². The average molecular weight is 252 g/mol. The Balaban J connectivity index is 2.64. The molecular weight excluding hydrogens is 232 g/mol. The van der Waals surface area contributed by atoms with Crippen LogP contribution in [-0.4, -0.2) is 23.8 Å². The van der Waals surface area contributed by atoms with Gasteiger partial charge in [0.15, 0.2) is 6.61 Å². The number of ether oxygens (including phenoxy) is 2. The minimum atomic E-state index is -0.581. The van der Waals surface area contributed by atoms with Crippen LogP contribution in [0.15, 0.2) is 24.3 Å². The van der Waals surface area contributed by atoms with E-state index in [0.29, 0.717) is 17.7 Å². The van der Waals surface area contributed by atoms with E-state index in [4.69, 9.17) is 9.47 Å².